The first-order valence-electron chi connectivity index (χ1n) is 7.65. The third kappa shape index (κ3) is 3.94. The highest BCUT2D eigenvalue weighted by Gasteiger charge is 2.34. The first kappa shape index (κ1) is 15.9. The van der Waals surface area contributed by atoms with Crippen LogP contribution in [0.1, 0.15) is 59.3 Å². The van der Waals surface area contributed by atoms with Crippen LogP contribution in [0.2, 0.25) is 0 Å². The Hall–Kier alpha value is -0.120. The van der Waals surface area contributed by atoms with E-state index in [9.17, 15) is 5.11 Å². The second kappa shape index (κ2) is 6.88. The number of hydrogen-bond donors (Lipinski definition) is 2. The van der Waals surface area contributed by atoms with E-state index in [0.29, 0.717) is 5.41 Å². The molecule has 3 nitrogen and oxygen atoms in total. The minimum absolute atomic E-state index is 0.108. The van der Waals surface area contributed by atoms with Gasteiger partial charge in [-0.15, -0.1) is 0 Å². The van der Waals surface area contributed by atoms with Gasteiger partial charge in [0.05, 0.1) is 6.61 Å². The van der Waals surface area contributed by atoms with Gasteiger partial charge in [0.25, 0.3) is 0 Å². The molecule has 3 heteroatoms. The van der Waals surface area contributed by atoms with Gasteiger partial charge in [0.15, 0.2) is 0 Å². The number of aliphatic hydroxyl groups excluding tert-OH is 1. The van der Waals surface area contributed by atoms with Gasteiger partial charge in [-0.1, -0.05) is 20.8 Å². The summed E-state index contributed by atoms with van der Waals surface area (Å²) in [5.41, 5.74) is 6.33. The van der Waals surface area contributed by atoms with Gasteiger partial charge in [-0.25, -0.2) is 0 Å². The summed E-state index contributed by atoms with van der Waals surface area (Å²) in [6.45, 7) is 10.4. The van der Waals surface area contributed by atoms with Crippen molar-refractivity contribution < 1.29 is 5.11 Å². The van der Waals surface area contributed by atoms with Gasteiger partial charge in [-0.3, -0.25) is 0 Å². The molecule has 0 aromatic rings. The van der Waals surface area contributed by atoms with Gasteiger partial charge in [0.1, 0.15) is 0 Å². The Kier molecular flexibility index (Phi) is 6.09. The lowest BCUT2D eigenvalue weighted by molar-refractivity contribution is 0.171. The summed E-state index contributed by atoms with van der Waals surface area (Å²) in [6.07, 6.45) is 6.84. The minimum atomic E-state index is -0.355. The van der Waals surface area contributed by atoms with Crippen LogP contribution in [-0.4, -0.2) is 41.8 Å². The molecule has 108 valence electrons. The van der Waals surface area contributed by atoms with E-state index in [1.807, 2.05) is 0 Å². The van der Waals surface area contributed by atoms with Crippen molar-refractivity contribution in [3.05, 3.63) is 0 Å². The molecular weight excluding hydrogens is 224 g/mol. The normalized spacial score (nSPS) is 23.2. The van der Waals surface area contributed by atoms with E-state index in [1.165, 1.54) is 32.4 Å². The number of nitrogens with two attached hydrogens (primary N) is 1. The van der Waals surface area contributed by atoms with Crippen LogP contribution in [0.3, 0.4) is 0 Å². The van der Waals surface area contributed by atoms with Gasteiger partial charge in [-0.2, -0.15) is 0 Å². The molecular formula is C15H32N2O. The average molecular weight is 256 g/mol. The quantitative estimate of drug-likeness (QED) is 0.701. The largest absolute Gasteiger partial charge is 0.394 e. The molecule has 1 saturated heterocycles. The standard InChI is InChI=1S/C15H32N2O/c1-4-14(5-2)9-11-17(12-14)10-7-8-15(16,6-3)13-18/h18H,4-13,16H2,1-3H3. The molecule has 1 fully saturated rings. The van der Waals surface area contributed by atoms with Crippen LogP contribution in [0.4, 0.5) is 0 Å². The fourth-order valence-electron chi connectivity index (χ4n) is 3.07. The molecule has 1 aliphatic heterocycles. The molecule has 3 N–H and O–H groups in total. The lowest BCUT2D eigenvalue weighted by Gasteiger charge is -2.28. The van der Waals surface area contributed by atoms with Crippen LogP contribution >= 0.6 is 0 Å². The van der Waals surface area contributed by atoms with Crippen molar-refractivity contribution in [2.45, 2.75) is 64.8 Å². The van der Waals surface area contributed by atoms with E-state index in [2.05, 4.69) is 25.7 Å². The van der Waals surface area contributed by atoms with Crippen LogP contribution in [0, 0.1) is 5.41 Å². The maximum Gasteiger partial charge on any atom is 0.0611 e. The Bertz CT molecular complexity index is 235. The zero-order valence-corrected chi connectivity index (χ0v) is 12.5. The number of nitrogens with zero attached hydrogens (tertiary/aromatic N) is 1. The summed E-state index contributed by atoms with van der Waals surface area (Å²) < 4.78 is 0. The SMILES string of the molecule is CCC(N)(CO)CCCN1CCC(CC)(CC)C1. The van der Waals surface area contributed by atoms with Gasteiger partial charge >= 0.3 is 0 Å². The predicted molar refractivity (Wildman–Crippen MR) is 77.6 cm³/mol. The Morgan fingerprint density at radius 1 is 1.28 bits per heavy atom. The van der Waals surface area contributed by atoms with Gasteiger partial charge in [0, 0.05) is 12.1 Å². The van der Waals surface area contributed by atoms with Crippen molar-refractivity contribution >= 4 is 0 Å². The number of likely N-dealkylation sites (tertiary alicyclic amines) is 1. The maximum absolute atomic E-state index is 9.30. The van der Waals surface area contributed by atoms with E-state index in [-0.39, 0.29) is 12.1 Å². The second-order valence-corrected chi connectivity index (χ2v) is 6.21. The van der Waals surface area contributed by atoms with Crippen LogP contribution in [0.15, 0.2) is 0 Å². The molecule has 1 atom stereocenters. The fraction of sp³-hybridized carbons (Fsp3) is 1.00. The average Bonchev–Trinajstić information content (AvgIpc) is 2.83. The Labute approximate surface area is 113 Å². The molecule has 0 aromatic heterocycles. The maximum atomic E-state index is 9.30. The molecule has 0 radical (unpaired) electrons. The second-order valence-electron chi connectivity index (χ2n) is 6.21. The Balaban J connectivity index is 2.30. The molecule has 1 aliphatic rings. The number of rotatable bonds is 8. The minimum Gasteiger partial charge on any atom is -0.394 e. The van der Waals surface area contributed by atoms with Crippen molar-refractivity contribution in [1.29, 1.82) is 0 Å². The van der Waals surface area contributed by atoms with Crippen LogP contribution in [-0.2, 0) is 0 Å². The first-order valence-corrected chi connectivity index (χ1v) is 7.65. The summed E-state index contributed by atoms with van der Waals surface area (Å²) in [5.74, 6) is 0. The van der Waals surface area contributed by atoms with E-state index < -0.39 is 0 Å². The van der Waals surface area contributed by atoms with E-state index in [1.54, 1.807) is 0 Å². The summed E-state index contributed by atoms with van der Waals surface area (Å²) in [5, 5.41) is 9.30. The summed E-state index contributed by atoms with van der Waals surface area (Å²) >= 11 is 0. The fourth-order valence-corrected chi connectivity index (χ4v) is 3.07. The molecule has 0 spiro atoms. The van der Waals surface area contributed by atoms with Crippen molar-refractivity contribution in [1.82, 2.24) is 4.90 Å². The van der Waals surface area contributed by atoms with Crippen molar-refractivity contribution in [3.63, 3.8) is 0 Å². The Morgan fingerprint density at radius 3 is 2.39 bits per heavy atom. The smallest absolute Gasteiger partial charge is 0.0611 e. The molecule has 0 amide bonds. The van der Waals surface area contributed by atoms with Gasteiger partial charge < -0.3 is 15.7 Å². The number of hydrogen-bond acceptors (Lipinski definition) is 3. The molecule has 0 aliphatic carbocycles. The summed E-state index contributed by atoms with van der Waals surface area (Å²) in [7, 11) is 0. The van der Waals surface area contributed by atoms with E-state index in [4.69, 9.17) is 5.73 Å². The Morgan fingerprint density at radius 2 is 1.94 bits per heavy atom. The lowest BCUT2D eigenvalue weighted by atomic mass is 9.82. The molecule has 18 heavy (non-hydrogen) atoms. The third-order valence-electron chi connectivity index (χ3n) is 5.19. The summed E-state index contributed by atoms with van der Waals surface area (Å²) in [6, 6.07) is 0. The molecule has 0 bridgehead atoms. The summed E-state index contributed by atoms with van der Waals surface area (Å²) in [4.78, 5) is 2.58. The van der Waals surface area contributed by atoms with Crippen LogP contribution < -0.4 is 5.73 Å². The molecule has 0 saturated carbocycles. The van der Waals surface area contributed by atoms with Crippen molar-refractivity contribution in [2.24, 2.45) is 11.1 Å². The topological polar surface area (TPSA) is 49.5 Å². The lowest BCUT2D eigenvalue weighted by Crippen LogP contribution is -2.43. The first-order chi connectivity index (χ1) is 8.53. The molecule has 1 unspecified atom stereocenters. The number of aliphatic hydroxyl groups is 1. The molecule has 1 rings (SSSR count). The van der Waals surface area contributed by atoms with E-state index in [0.717, 1.165) is 25.8 Å². The van der Waals surface area contributed by atoms with Crippen LogP contribution in [0.25, 0.3) is 0 Å². The highest BCUT2D eigenvalue weighted by Crippen LogP contribution is 2.37. The van der Waals surface area contributed by atoms with Crippen LogP contribution in [0.5, 0.6) is 0 Å². The van der Waals surface area contributed by atoms with E-state index >= 15 is 0 Å². The third-order valence-corrected chi connectivity index (χ3v) is 5.19. The zero-order valence-electron chi connectivity index (χ0n) is 12.5. The van der Waals surface area contributed by atoms with Gasteiger partial charge in [-0.05, 0) is 57.0 Å². The van der Waals surface area contributed by atoms with Gasteiger partial charge in [0.2, 0.25) is 0 Å². The molecule has 0 aromatic carbocycles. The van der Waals surface area contributed by atoms with Crippen molar-refractivity contribution in [3.8, 4) is 0 Å². The molecule has 1 heterocycles. The zero-order chi connectivity index (χ0) is 13.6. The highest BCUT2D eigenvalue weighted by atomic mass is 16.3. The monoisotopic (exact) mass is 256 g/mol. The van der Waals surface area contributed by atoms with Crippen molar-refractivity contribution in [2.75, 3.05) is 26.2 Å². The predicted octanol–water partition coefficient (Wildman–Crippen LogP) is 2.38. The highest BCUT2D eigenvalue weighted by molar-refractivity contribution is 4.88.